The van der Waals surface area contributed by atoms with Crippen molar-refractivity contribution >= 4 is 0 Å². The summed E-state index contributed by atoms with van der Waals surface area (Å²) in [5.74, 6) is 0.602. The van der Waals surface area contributed by atoms with Gasteiger partial charge in [-0.1, -0.05) is 12.1 Å². The SMILES string of the molecule is c1cncc([C@@H]2CCN[C@@H](c3cccnc3)C2)c1. The van der Waals surface area contributed by atoms with Crippen LogP contribution in [0, 0.1) is 0 Å². The summed E-state index contributed by atoms with van der Waals surface area (Å²) in [7, 11) is 0. The standard InChI is InChI=1S/C15H17N3/c1-3-13(10-16-6-1)12-5-8-18-15(9-12)14-4-2-7-17-11-14/h1-4,6-7,10-12,15,18H,5,8-9H2/t12-,15-/m1/s1. The average Bonchev–Trinajstić information content (AvgIpc) is 2.49. The Balaban J connectivity index is 1.77. The summed E-state index contributed by atoms with van der Waals surface area (Å²) < 4.78 is 0. The Morgan fingerprint density at radius 1 is 1.00 bits per heavy atom. The quantitative estimate of drug-likeness (QED) is 0.875. The molecule has 2 aromatic heterocycles. The Labute approximate surface area is 107 Å². The van der Waals surface area contributed by atoms with E-state index in [-0.39, 0.29) is 0 Å². The van der Waals surface area contributed by atoms with Crippen LogP contribution in [0.5, 0.6) is 0 Å². The molecule has 1 aliphatic rings. The largest absolute Gasteiger partial charge is 0.310 e. The average molecular weight is 239 g/mol. The molecule has 3 heteroatoms. The third-order valence-electron chi connectivity index (χ3n) is 3.65. The maximum atomic E-state index is 4.22. The number of aromatic nitrogens is 2. The van der Waals surface area contributed by atoms with Crippen molar-refractivity contribution in [2.24, 2.45) is 0 Å². The minimum absolute atomic E-state index is 0.414. The van der Waals surface area contributed by atoms with E-state index in [0.717, 1.165) is 13.0 Å². The van der Waals surface area contributed by atoms with Gasteiger partial charge in [0.2, 0.25) is 0 Å². The molecule has 0 aromatic carbocycles. The Morgan fingerprint density at radius 3 is 2.39 bits per heavy atom. The van der Waals surface area contributed by atoms with Gasteiger partial charge in [0.1, 0.15) is 0 Å². The van der Waals surface area contributed by atoms with Crippen LogP contribution in [0.15, 0.2) is 49.1 Å². The highest BCUT2D eigenvalue weighted by Gasteiger charge is 2.23. The molecule has 3 heterocycles. The topological polar surface area (TPSA) is 37.8 Å². The van der Waals surface area contributed by atoms with Gasteiger partial charge in [0.05, 0.1) is 0 Å². The van der Waals surface area contributed by atoms with Crippen molar-refractivity contribution in [1.29, 1.82) is 0 Å². The second kappa shape index (κ2) is 5.27. The van der Waals surface area contributed by atoms with Gasteiger partial charge in [-0.3, -0.25) is 9.97 Å². The zero-order chi connectivity index (χ0) is 12.2. The number of rotatable bonds is 2. The van der Waals surface area contributed by atoms with Crippen molar-refractivity contribution in [3.63, 3.8) is 0 Å². The molecular formula is C15H17N3. The predicted octanol–water partition coefficient (Wildman–Crippen LogP) is 2.68. The third-order valence-corrected chi connectivity index (χ3v) is 3.65. The van der Waals surface area contributed by atoms with Crippen LogP contribution in [0.2, 0.25) is 0 Å². The second-order valence-electron chi connectivity index (χ2n) is 4.80. The Hall–Kier alpha value is -1.74. The maximum Gasteiger partial charge on any atom is 0.0341 e. The second-order valence-corrected chi connectivity index (χ2v) is 4.80. The first-order valence-corrected chi connectivity index (χ1v) is 6.47. The van der Waals surface area contributed by atoms with Gasteiger partial charge in [0.15, 0.2) is 0 Å². The normalized spacial score (nSPS) is 23.8. The van der Waals surface area contributed by atoms with E-state index in [4.69, 9.17) is 0 Å². The lowest BCUT2D eigenvalue weighted by atomic mass is 9.85. The van der Waals surface area contributed by atoms with Crippen molar-refractivity contribution in [2.45, 2.75) is 24.8 Å². The number of nitrogens with one attached hydrogen (secondary N) is 1. The molecule has 0 saturated carbocycles. The van der Waals surface area contributed by atoms with Crippen molar-refractivity contribution < 1.29 is 0 Å². The summed E-state index contributed by atoms with van der Waals surface area (Å²) in [6.45, 7) is 1.05. The van der Waals surface area contributed by atoms with Gasteiger partial charge in [-0.15, -0.1) is 0 Å². The van der Waals surface area contributed by atoms with Gasteiger partial charge in [-0.2, -0.15) is 0 Å². The molecule has 0 spiro atoms. The minimum atomic E-state index is 0.414. The molecule has 1 saturated heterocycles. The highest BCUT2D eigenvalue weighted by Crippen LogP contribution is 2.33. The molecule has 1 aliphatic heterocycles. The van der Waals surface area contributed by atoms with E-state index < -0.39 is 0 Å². The Bertz CT molecular complexity index is 438. The molecule has 0 unspecified atom stereocenters. The van der Waals surface area contributed by atoms with Gasteiger partial charge in [0, 0.05) is 30.8 Å². The van der Waals surface area contributed by atoms with Gasteiger partial charge >= 0.3 is 0 Å². The van der Waals surface area contributed by atoms with Crippen LogP contribution in [0.1, 0.15) is 35.9 Å². The van der Waals surface area contributed by atoms with Gasteiger partial charge < -0.3 is 5.32 Å². The van der Waals surface area contributed by atoms with Crippen molar-refractivity contribution in [2.75, 3.05) is 6.54 Å². The van der Waals surface area contributed by atoms with E-state index in [1.165, 1.54) is 17.5 Å². The van der Waals surface area contributed by atoms with Crippen LogP contribution in [-0.2, 0) is 0 Å². The first-order chi connectivity index (χ1) is 8.93. The van der Waals surface area contributed by atoms with Gasteiger partial charge in [-0.25, -0.2) is 0 Å². The smallest absolute Gasteiger partial charge is 0.0341 e. The highest BCUT2D eigenvalue weighted by atomic mass is 14.9. The molecule has 92 valence electrons. The third kappa shape index (κ3) is 2.41. The molecule has 3 rings (SSSR count). The zero-order valence-electron chi connectivity index (χ0n) is 10.3. The Morgan fingerprint density at radius 2 is 1.72 bits per heavy atom. The van der Waals surface area contributed by atoms with E-state index >= 15 is 0 Å². The van der Waals surface area contributed by atoms with Crippen molar-refractivity contribution in [3.8, 4) is 0 Å². The number of nitrogens with zero attached hydrogens (tertiary/aromatic N) is 2. The molecule has 1 fully saturated rings. The number of hydrogen-bond donors (Lipinski definition) is 1. The lowest BCUT2D eigenvalue weighted by molar-refractivity contribution is 0.369. The summed E-state index contributed by atoms with van der Waals surface area (Å²) in [5, 5.41) is 3.57. The van der Waals surface area contributed by atoms with Crippen LogP contribution in [0.25, 0.3) is 0 Å². The van der Waals surface area contributed by atoms with E-state index in [1.807, 2.05) is 36.9 Å². The molecule has 3 nitrogen and oxygen atoms in total. The molecule has 18 heavy (non-hydrogen) atoms. The predicted molar refractivity (Wildman–Crippen MR) is 71.2 cm³/mol. The van der Waals surface area contributed by atoms with Crippen LogP contribution in [-0.4, -0.2) is 16.5 Å². The fourth-order valence-electron chi connectivity index (χ4n) is 2.67. The fraction of sp³-hybridized carbons (Fsp3) is 0.333. The molecule has 1 N–H and O–H groups in total. The van der Waals surface area contributed by atoms with Gasteiger partial charge in [0.25, 0.3) is 0 Å². The number of hydrogen-bond acceptors (Lipinski definition) is 3. The highest BCUT2D eigenvalue weighted by molar-refractivity contribution is 5.20. The lowest BCUT2D eigenvalue weighted by Gasteiger charge is -2.30. The summed E-state index contributed by atoms with van der Waals surface area (Å²) in [5.41, 5.74) is 2.64. The maximum absolute atomic E-state index is 4.22. The van der Waals surface area contributed by atoms with Crippen molar-refractivity contribution in [3.05, 3.63) is 60.2 Å². The molecule has 2 atom stereocenters. The molecular weight excluding hydrogens is 222 g/mol. The lowest BCUT2D eigenvalue weighted by Crippen LogP contribution is -2.31. The first kappa shape index (κ1) is 11.4. The molecule has 0 bridgehead atoms. The first-order valence-electron chi connectivity index (χ1n) is 6.47. The zero-order valence-corrected chi connectivity index (χ0v) is 10.3. The fourth-order valence-corrected chi connectivity index (χ4v) is 2.67. The van der Waals surface area contributed by atoms with E-state index in [1.54, 1.807) is 0 Å². The monoisotopic (exact) mass is 239 g/mol. The summed E-state index contributed by atoms with van der Waals surface area (Å²) in [4.78, 5) is 8.43. The minimum Gasteiger partial charge on any atom is -0.310 e. The van der Waals surface area contributed by atoms with Crippen LogP contribution < -0.4 is 5.32 Å². The molecule has 2 aromatic rings. The Kier molecular flexibility index (Phi) is 3.33. The summed E-state index contributed by atoms with van der Waals surface area (Å²) in [6.07, 6.45) is 9.92. The van der Waals surface area contributed by atoms with Crippen LogP contribution in [0.3, 0.4) is 0 Å². The van der Waals surface area contributed by atoms with Gasteiger partial charge in [-0.05, 0) is 48.6 Å². The number of pyridine rings is 2. The summed E-state index contributed by atoms with van der Waals surface area (Å²) in [6, 6.07) is 8.78. The van der Waals surface area contributed by atoms with E-state index in [9.17, 15) is 0 Å². The summed E-state index contributed by atoms with van der Waals surface area (Å²) >= 11 is 0. The number of piperidine rings is 1. The van der Waals surface area contributed by atoms with E-state index in [0.29, 0.717) is 12.0 Å². The molecule has 0 aliphatic carbocycles. The molecule has 0 radical (unpaired) electrons. The van der Waals surface area contributed by atoms with Crippen LogP contribution >= 0.6 is 0 Å². The van der Waals surface area contributed by atoms with Crippen LogP contribution in [0.4, 0.5) is 0 Å². The van der Waals surface area contributed by atoms with E-state index in [2.05, 4.69) is 27.4 Å². The van der Waals surface area contributed by atoms with Crippen molar-refractivity contribution in [1.82, 2.24) is 15.3 Å². The molecule has 0 amide bonds.